The summed E-state index contributed by atoms with van der Waals surface area (Å²) in [5.74, 6) is 0.791. The molecule has 0 N–H and O–H groups in total. The highest BCUT2D eigenvalue weighted by molar-refractivity contribution is 5.94. The average molecular weight is 331 g/mol. The first-order valence-corrected chi connectivity index (χ1v) is 9.40. The third-order valence-corrected chi connectivity index (χ3v) is 5.86. The highest BCUT2D eigenvalue weighted by Gasteiger charge is 2.52. The van der Waals surface area contributed by atoms with E-state index in [2.05, 4.69) is 51.7 Å². The minimum Gasteiger partial charge on any atom is -0.339 e. The van der Waals surface area contributed by atoms with Gasteiger partial charge in [-0.3, -0.25) is 9.69 Å². The van der Waals surface area contributed by atoms with Crippen molar-refractivity contribution in [3.05, 3.63) is 35.4 Å². The summed E-state index contributed by atoms with van der Waals surface area (Å²) < 4.78 is 0. The van der Waals surface area contributed by atoms with Gasteiger partial charge in [-0.25, -0.2) is 0 Å². The number of likely N-dealkylation sites (tertiary alicyclic amines) is 1. The molecule has 0 radical (unpaired) electrons. The van der Waals surface area contributed by atoms with Crippen LogP contribution in [0.2, 0.25) is 0 Å². The van der Waals surface area contributed by atoms with E-state index in [9.17, 15) is 4.79 Å². The van der Waals surface area contributed by atoms with Gasteiger partial charge in [0.25, 0.3) is 5.91 Å². The lowest BCUT2D eigenvalue weighted by atomic mass is 9.67. The lowest BCUT2D eigenvalue weighted by Crippen LogP contribution is -2.71. The van der Waals surface area contributed by atoms with E-state index in [-0.39, 0.29) is 11.4 Å². The fraction of sp³-hybridized carbons (Fsp3) is 0.667. The molecule has 0 aliphatic carbocycles. The third kappa shape index (κ3) is 3.37. The molecule has 0 saturated carbocycles. The van der Waals surface area contributed by atoms with Crippen molar-refractivity contribution in [1.29, 1.82) is 0 Å². The first-order valence-electron chi connectivity index (χ1n) is 9.40. The molecule has 2 unspecified atom stereocenters. The Morgan fingerprint density at radius 3 is 2.12 bits per heavy atom. The van der Waals surface area contributed by atoms with E-state index >= 15 is 0 Å². The molecular weight excluding hydrogens is 296 g/mol. The van der Waals surface area contributed by atoms with Crippen LogP contribution in [0.5, 0.6) is 0 Å². The largest absolute Gasteiger partial charge is 0.339 e. The fourth-order valence-corrected chi connectivity index (χ4v) is 4.71. The zero-order valence-electron chi connectivity index (χ0n) is 16.5. The highest BCUT2D eigenvalue weighted by Crippen LogP contribution is 2.45. The summed E-state index contributed by atoms with van der Waals surface area (Å²) >= 11 is 0. The molecule has 134 valence electrons. The predicted octanol–water partition coefficient (Wildman–Crippen LogP) is 4.22. The van der Waals surface area contributed by atoms with Crippen LogP contribution in [0.3, 0.4) is 0 Å². The maximum Gasteiger partial charge on any atom is 0.253 e. The van der Waals surface area contributed by atoms with Gasteiger partial charge in [-0.05, 0) is 78.5 Å². The topological polar surface area (TPSA) is 23.6 Å². The molecule has 0 spiro atoms. The second kappa shape index (κ2) is 7.26. The summed E-state index contributed by atoms with van der Waals surface area (Å²) in [4.78, 5) is 16.9. The Balaban J connectivity index is 2.06. The molecule has 0 aromatic heterocycles. The Morgan fingerprint density at radius 2 is 1.71 bits per heavy atom. The number of carbonyl (C=O) groups excluding carboxylic acids is 1. The summed E-state index contributed by atoms with van der Waals surface area (Å²) in [6.45, 7) is 17.2. The molecule has 1 fully saturated rings. The summed E-state index contributed by atoms with van der Waals surface area (Å²) in [5.41, 5.74) is 2.37. The van der Waals surface area contributed by atoms with E-state index in [1.165, 1.54) is 5.56 Å². The molecular formula is C21H34N2O. The first-order chi connectivity index (χ1) is 11.2. The number of benzene rings is 1. The number of hydrogen-bond donors (Lipinski definition) is 0. The van der Waals surface area contributed by atoms with Gasteiger partial charge in [0.05, 0.1) is 0 Å². The van der Waals surface area contributed by atoms with Gasteiger partial charge in [0, 0.05) is 36.3 Å². The van der Waals surface area contributed by atoms with E-state index in [1.54, 1.807) is 0 Å². The van der Waals surface area contributed by atoms with Gasteiger partial charge in [-0.2, -0.15) is 0 Å². The molecule has 3 heteroatoms. The number of hydrogen-bond acceptors (Lipinski definition) is 2. The van der Waals surface area contributed by atoms with Gasteiger partial charge < -0.3 is 4.90 Å². The zero-order valence-corrected chi connectivity index (χ0v) is 16.5. The van der Waals surface area contributed by atoms with Crippen LogP contribution in [-0.4, -0.2) is 46.4 Å². The summed E-state index contributed by atoms with van der Waals surface area (Å²) in [6.07, 6.45) is 1.08. The van der Waals surface area contributed by atoms with Crippen molar-refractivity contribution in [2.75, 3.05) is 13.1 Å². The van der Waals surface area contributed by atoms with E-state index < -0.39 is 0 Å². The molecule has 3 nitrogen and oxygen atoms in total. The molecule has 1 heterocycles. The number of rotatable bonds is 6. The van der Waals surface area contributed by atoms with Crippen molar-refractivity contribution in [2.45, 2.75) is 72.5 Å². The Labute approximate surface area is 148 Å². The van der Waals surface area contributed by atoms with Gasteiger partial charge in [0.1, 0.15) is 0 Å². The zero-order chi connectivity index (χ0) is 18.1. The normalized spacial score (nSPS) is 23.2. The van der Waals surface area contributed by atoms with Gasteiger partial charge in [-0.1, -0.05) is 12.1 Å². The number of nitrogens with zero attached hydrogens (tertiary/aromatic N) is 2. The maximum absolute atomic E-state index is 12.4. The lowest BCUT2D eigenvalue weighted by molar-refractivity contribution is -0.129. The molecule has 24 heavy (non-hydrogen) atoms. The molecule has 2 rings (SSSR count). The van der Waals surface area contributed by atoms with Crippen LogP contribution in [0, 0.1) is 5.92 Å². The van der Waals surface area contributed by atoms with Gasteiger partial charge in [-0.15, -0.1) is 0 Å². The molecule has 1 aromatic carbocycles. The van der Waals surface area contributed by atoms with Crippen molar-refractivity contribution >= 4 is 5.91 Å². The molecule has 1 aliphatic heterocycles. The van der Waals surface area contributed by atoms with Crippen LogP contribution in [0.15, 0.2) is 24.3 Å². The van der Waals surface area contributed by atoms with Gasteiger partial charge in [0.2, 0.25) is 0 Å². The Hall–Kier alpha value is -1.35. The van der Waals surface area contributed by atoms with E-state index in [0.29, 0.717) is 18.0 Å². The Kier molecular flexibility index (Phi) is 5.74. The van der Waals surface area contributed by atoms with Crippen LogP contribution in [0.1, 0.15) is 64.4 Å². The summed E-state index contributed by atoms with van der Waals surface area (Å²) in [6, 6.07) is 9.45. The van der Waals surface area contributed by atoms with Crippen LogP contribution in [0.25, 0.3) is 0 Å². The number of amides is 1. The van der Waals surface area contributed by atoms with Crippen molar-refractivity contribution in [3.63, 3.8) is 0 Å². The van der Waals surface area contributed by atoms with E-state index in [1.807, 2.05) is 30.9 Å². The first kappa shape index (κ1) is 19.0. The van der Waals surface area contributed by atoms with Gasteiger partial charge in [0.15, 0.2) is 0 Å². The third-order valence-electron chi connectivity index (χ3n) is 5.86. The summed E-state index contributed by atoms with van der Waals surface area (Å²) in [5, 5.41) is 0. The van der Waals surface area contributed by atoms with E-state index in [4.69, 9.17) is 0 Å². The monoisotopic (exact) mass is 330 g/mol. The Bertz CT molecular complexity index is 558. The number of carbonyl (C=O) groups is 1. The lowest BCUT2D eigenvalue weighted by Gasteiger charge is -2.63. The average Bonchev–Trinajstić information content (AvgIpc) is 2.53. The van der Waals surface area contributed by atoms with Crippen molar-refractivity contribution < 1.29 is 4.79 Å². The van der Waals surface area contributed by atoms with Crippen molar-refractivity contribution in [1.82, 2.24) is 9.80 Å². The van der Waals surface area contributed by atoms with E-state index in [0.717, 1.165) is 25.1 Å². The van der Waals surface area contributed by atoms with Gasteiger partial charge >= 0.3 is 0 Å². The minimum atomic E-state index is 0.134. The second-order valence-corrected chi connectivity index (χ2v) is 7.88. The standard InChI is InChI=1S/C21H34N2O/c1-8-22(9-2)20(24)18-12-10-17(11-13-18)14-19-16(5)23(15(3)4)21(19,6)7/h10-13,15-16,19H,8-9,14H2,1-7H3. The quantitative estimate of drug-likeness (QED) is 0.780. The van der Waals surface area contributed by atoms with Crippen LogP contribution < -0.4 is 0 Å². The van der Waals surface area contributed by atoms with Crippen molar-refractivity contribution in [3.8, 4) is 0 Å². The Morgan fingerprint density at radius 1 is 1.17 bits per heavy atom. The van der Waals surface area contributed by atoms with Crippen LogP contribution >= 0.6 is 0 Å². The highest BCUT2D eigenvalue weighted by atomic mass is 16.2. The molecule has 1 aliphatic rings. The SMILES string of the molecule is CCN(CC)C(=O)c1ccc(CC2C(C)N(C(C)C)C2(C)C)cc1. The molecule has 1 amide bonds. The smallest absolute Gasteiger partial charge is 0.253 e. The van der Waals surface area contributed by atoms with Crippen molar-refractivity contribution in [2.24, 2.45) is 5.92 Å². The molecule has 0 bridgehead atoms. The predicted molar refractivity (Wildman–Crippen MR) is 101 cm³/mol. The molecule has 2 atom stereocenters. The fourth-order valence-electron chi connectivity index (χ4n) is 4.71. The molecule has 1 saturated heterocycles. The van der Waals surface area contributed by atoms with Crippen LogP contribution in [-0.2, 0) is 6.42 Å². The molecule has 1 aromatic rings. The minimum absolute atomic E-state index is 0.134. The summed E-state index contributed by atoms with van der Waals surface area (Å²) in [7, 11) is 0. The second-order valence-electron chi connectivity index (χ2n) is 7.88. The van der Waals surface area contributed by atoms with Crippen LogP contribution in [0.4, 0.5) is 0 Å². The maximum atomic E-state index is 12.4.